The van der Waals surface area contributed by atoms with Gasteiger partial charge in [-0.2, -0.15) is 5.10 Å². The average molecular weight is 397 g/mol. The maximum Gasteiger partial charge on any atom is 0.271 e. The normalized spacial score (nSPS) is 18.6. The van der Waals surface area contributed by atoms with Crippen molar-refractivity contribution in [3.63, 3.8) is 0 Å². The predicted octanol–water partition coefficient (Wildman–Crippen LogP) is 1.95. The fourth-order valence-electron chi connectivity index (χ4n) is 3.21. The van der Waals surface area contributed by atoms with Crippen LogP contribution in [-0.4, -0.2) is 47.0 Å². The van der Waals surface area contributed by atoms with Crippen molar-refractivity contribution >= 4 is 17.8 Å². The highest BCUT2D eigenvalue weighted by molar-refractivity contribution is 5.94. The second-order valence-corrected chi connectivity index (χ2v) is 6.94. The molecule has 1 fully saturated rings. The molecule has 3 N–H and O–H groups in total. The molecule has 2 aromatic carbocycles. The van der Waals surface area contributed by atoms with Crippen molar-refractivity contribution in [1.82, 2.24) is 16.3 Å². The van der Waals surface area contributed by atoms with Crippen LogP contribution >= 0.6 is 0 Å². The number of hydrazone groups is 1. The van der Waals surface area contributed by atoms with E-state index in [1.165, 1.54) is 0 Å². The third kappa shape index (κ3) is 4.85. The van der Waals surface area contributed by atoms with E-state index in [0.717, 1.165) is 22.7 Å². The standard InChI is InChI=1S/C21H27N5O3/c1-26(2)16-7-5-14(6-8-16)21(27)25-23-13-15-12-22-24-20(15)18-11-17(28-3)9-10-19(18)29-4/h5-11,13,15,20,22,24H,12H2,1-4H3,(H,25,27)/b23-13+. The first kappa shape index (κ1) is 20.6. The number of methoxy groups -OCH3 is 2. The molecule has 0 bridgehead atoms. The number of nitrogens with one attached hydrogen (secondary N) is 3. The molecule has 1 aliphatic heterocycles. The van der Waals surface area contributed by atoms with E-state index in [9.17, 15) is 4.79 Å². The average Bonchev–Trinajstić information content (AvgIpc) is 3.21. The van der Waals surface area contributed by atoms with Crippen molar-refractivity contribution in [3.05, 3.63) is 53.6 Å². The number of rotatable bonds is 7. The Labute approximate surface area is 170 Å². The van der Waals surface area contributed by atoms with Crippen LogP contribution < -0.4 is 30.7 Å². The minimum absolute atomic E-state index is 0.0208. The molecule has 8 heteroatoms. The van der Waals surface area contributed by atoms with Crippen LogP contribution in [0.5, 0.6) is 11.5 Å². The number of carbonyl (C=O) groups excluding carboxylic acids is 1. The molecule has 2 aromatic rings. The van der Waals surface area contributed by atoms with E-state index in [1.807, 2.05) is 49.3 Å². The minimum atomic E-state index is -0.249. The molecule has 2 atom stereocenters. The molecule has 0 aliphatic carbocycles. The van der Waals surface area contributed by atoms with Gasteiger partial charge in [0.05, 0.1) is 20.3 Å². The molecular formula is C21H27N5O3. The van der Waals surface area contributed by atoms with Gasteiger partial charge in [-0.15, -0.1) is 0 Å². The first-order chi connectivity index (χ1) is 14.0. The van der Waals surface area contributed by atoms with Gasteiger partial charge in [0, 0.05) is 49.6 Å². The van der Waals surface area contributed by atoms with Gasteiger partial charge >= 0.3 is 0 Å². The van der Waals surface area contributed by atoms with Crippen molar-refractivity contribution in [1.29, 1.82) is 0 Å². The molecule has 0 aromatic heterocycles. The fraction of sp³-hybridized carbons (Fsp3) is 0.333. The van der Waals surface area contributed by atoms with Gasteiger partial charge in [0.15, 0.2) is 0 Å². The fourth-order valence-corrected chi connectivity index (χ4v) is 3.21. The van der Waals surface area contributed by atoms with Crippen LogP contribution in [0.25, 0.3) is 0 Å². The number of anilines is 1. The van der Waals surface area contributed by atoms with Gasteiger partial charge in [0.2, 0.25) is 0 Å². The highest BCUT2D eigenvalue weighted by atomic mass is 16.5. The summed E-state index contributed by atoms with van der Waals surface area (Å²) < 4.78 is 10.8. The van der Waals surface area contributed by atoms with Crippen LogP contribution in [-0.2, 0) is 0 Å². The quantitative estimate of drug-likeness (QED) is 0.489. The molecule has 29 heavy (non-hydrogen) atoms. The van der Waals surface area contributed by atoms with Crippen LogP contribution in [0.15, 0.2) is 47.6 Å². The molecule has 8 nitrogen and oxygen atoms in total. The Kier molecular flexibility index (Phi) is 6.69. The lowest BCUT2D eigenvalue weighted by Gasteiger charge is -2.19. The zero-order valence-electron chi connectivity index (χ0n) is 17.1. The number of amides is 1. The predicted molar refractivity (Wildman–Crippen MR) is 114 cm³/mol. The molecule has 0 saturated carbocycles. The number of hydrogen-bond acceptors (Lipinski definition) is 7. The number of hydrazine groups is 1. The Morgan fingerprint density at radius 1 is 1.17 bits per heavy atom. The van der Waals surface area contributed by atoms with Gasteiger partial charge in [-0.1, -0.05) is 0 Å². The molecule has 154 valence electrons. The van der Waals surface area contributed by atoms with Gasteiger partial charge in [0.25, 0.3) is 5.91 Å². The van der Waals surface area contributed by atoms with Gasteiger partial charge in [0.1, 0.15) is 11.5 Å². The Balaban J connectivity index is 1.68. The monoisotopic (exact) mass is 397 g/mol. The largest absolute Gasteiger partial charge is 0.497 e. The summed E-state index contributed by atoms with van der Waals surface area (Å²) in [6.07, 6.45) is 1.74. The Morgan fingerprint density at radius 2 is 1.93 bits per heavy atom. The molecular weight excluding hydrogens is 370 g/mol. The van der Waals surface area contributed by atoms with Gasteiger partial charge in [-0.3, -0.25) is 10.2 Å². The van der Waals surface area contributed by atoms with E-state index in [4.69, 9.17) is 9.47 Å². The Hall–Kier alpha value is -3.10. The molecule has 2 unspecified atom stereocenters. The molecule has 1 amide bonds. The topological polar surface area (TPSA) is 87.2 Å². The molecule has 1 aliphatic rings. The smallest absolute Gasteiger partial charge is 0.271 e. The molecule has 0 radical (unpaired) electrons. The van der Waals surface area contributed by atoms with Crippen LogP contribution in [0.1, 0.15) is 22.0 Å². The zero-order valence-corrected chi connectivity index (χ0v) is 17.1. The Morgan fingerprint density at radius 3 is 2.59 bits per heavy atom. The van der Waals surface area contributed by atoms with Crippen LogP contribution in [0.3, 0.4) is 0 Å². The van der Waals surface area contributed by atoms with Crippen LogP contribution in [0.2, 0.25) is 0 Å². The summed E-state index contributed by atoms with van der Waals surface area (Å²) in [5, 5.41) is 4.17. The molecule has 0 spiro atoms. The number of hydrogen-bond donors (Lipinski definition) is 3. The maximum absolute atomic E-state index is 12.3. The van der Waals surface area contributed by atoms with Crippen LogP contribution in [0.4, 0.5) is 5.69 Å². The number of ether oxygens (including phenoxy) is 2. The van der Waals surface area contributed by atoms with Crippen LogP contribution in [0, 0.1) is 5.92 Å². The second-order valence-electron chi connectivity index (χ2n) is 6.94. The third-order valence-corrected chi connectivity index (χ3v) is 4.87. The minimum Gasteiger partial charge on any atom is -0.497 e. The summed E-state index contributed by atoms with van der Waals surface area (Å²) in [5.41, 5.74) is 11.5. The lowest BCUT2D eigenvalue weighted by Crippen LogP contribution is -2.25. The van der Waals surface area contributed by atoms with E-state index < -0.39 is 0 Å². The summed E-state index contributed by atoms with van der Waals surface area (Å²) >= 11 is 0. The van der Waals surface area contributed by atoms with E-state index in [1.54, 1.807) is 32.6 Å². The van der Waals surface area contributed by atoms with Gasteiger partial charge < -0.3 is 14.4 Å². The van der Waals surface area contributed by atoms with Crippen molar-refractivity contribution in [3.8, 4) is 11.5 Å². The first-order valence-corrected chi connectivity index (χ1v) is 9.34. The highest BCUT2D eigenvalue weighted by Crippen LogP contribution is 2.34. The summed E-state index contributed by atoms with van der Waals surface area (Å²) in [5.74, 6) is 1.28. The Bertz CT molecular complexity index is 867. The molecule has 3 rings (SSSR count). The van der Waals surface area contributed by atoms with E-state index in [0.29, 0.717) is 12.1 Å². The van der Waals surface area contributed by atoms with Gasteiger partial charge in [-0.05, 0) is 42.5 Å². The number of nitrogens with zero attached hydrogens (tertiary/aromatic N) is 2. The summed E-state index contributed by atoms with van der Waals surface area (Å²) in [4.78, 5) is 14.3. The SMILES string of the molecule is COc1ccc(OC)c(C2NNCC2/C=N/NC(=O)c2ccc(N(C)C)cc2)c1. The van der Waals surface area contributed by atoms with Gasteiger partial charge in [-0.25, -0.2) is 10.9 Å². The summed E-state index contributed by atoms with van der Waals surface area (Å²) in [6, 6.07) is 13.0. The number of benzene rings is 2. The van der Waals surface area contributed by atoms with E-state index >= 15 is 0 Å². The van der Waals surface area contributed by atoms with Crippen molar-refractivity contribution in [2.75, 3.05) is 39.8 Å². The van der Waals surface area contributed by atoms with Crippen molar-refractivity contribution < 1.29 is 14.3 Å². The second kappa shape index (κ2) is 9.40. The van der Waals surface area contributed by atoms with Crippen molar-refractivity contribution in [2.24, 2.45) is 11.0 Å². The lowest BCUT2D eigenvalue weighted by molar-refractivity contribution is 0.0955. The third-order valence-electron chi connectivity index (χ3n) is 4.87. The summed E-state index contributed by atoms with van der Waals surface area (Å²) in [6.45, 7) is 0.669. The zero-order chi connectivity index (χ0) is 20.8. The molecule has 1 saturated heterocycles. The van der Waals surface area contributed by atoms with E-state index in [-0.39, 0.29) is 17.9 Å². The number of carbonyl (C=O) groups is 1. The summed E-state index contributed by atoms with van der Waals surface area (Å²) in [7, 11) is 7.18. The molecule has 1 heterocycles. The lowest BCUT2D eigenvalue weighted by atomic mass is 9.95. The van der Waals surface area contributed by atoms with Crippen molar-refractivity contribution in [2.45, 2.75) is 6.04 Å². The van der Waals surface area contributed by atoms with E-state index in [2.05, 4.69) is 21.4 Å². The maximum atomic E-state index is 12.3. The first-order valence-electron chi connectivity index (χ1n) is 9.34. The highest BCUT2D eigenvalue weighted by Gasteiger charge is 2.29.